The molecule has 0 heterocycles. The Morgan fingerprint density at radius 3 is 1.71 bits per heavy atom. The summed E-state index contributed by atoms with van der Waals surface area (Å²) in [5, 5.41) is 0. The summed E-state index contributed by atoms with van der Waals surface area (Å²) in [7, 11) is 17.6. The van der Waals surface area contributed by atoms with Gasteiger partial charge in [-0.25, -0.2) is 0 Å². The van der Waals surface area contributed by atoms with Crippen LogP contribution in [0.3, 0.4) is 0 Å². The van der Waals surface area contributed by atoms with E-state index in [9.17, 15) is 0 Å². The molecule has 0 bridgehead atoms. The molecule has 6 rings (SSSR count). The van der Waals surface area contributed by atoms with E-state index in [2.05, 4.69) is 173 Å². The van der Waals surface area contributed by atoms with Crippen molar-refractivity contribution in [2.24, 2.45) is 5.92 Å². The summed E-state index contributed by atoms with van der Waals surface area (Å²) in [6.07, 6.45) is 7.27. The van der Waals surface area contributed by atoms with Gasteiger partial charge in [-0.1, -0.05) is 0 Å². The first-order valence-electron chi connectivity index (χ1n) is 19.2. The molecule has 269 valence electrons. The molecule has 3 unspecified atom stereocenters. The molecular weight excluding hydrogens is 755 g/mol. The predicted molar refractivity (Wildman–Crippen MR) is 228 cm³/mol. The Kier molecular flexibility index (Phi) is 10.4. The summed E-state index contributed by atoms with van der Waals surface area (Å²) >= 11 is -4.91. The Morgan fingerprint density at radius 1 is 0.686 bits per heavy atom. The van der Waals surface area contributed by atoms with Crippen LogP contribution in [0, 0.1) is 12.8 Å². The monoisotopic (exact) mass is 811 g/mol. The molecule has 0 fully saturated rings. The van der Waals surface area contributed by atoms with E-state index in [0.717, 1.165) is 12.8 Å². The van der Waals surface area contributed by atoms with Crippen LogP contribution in [0.25, 0.3) is 34.4 Å². The molecule has 2 aliphatic rings. The SMILES string of the molecule is CCCC(C)C1=Cc2c(-c3ccc(C(C)(C)C)cc3)cccc2[CH]1[Zr]([Cl])([Cl])([CH]1C(C)=Cc2c(-c3ccc(C(C)(C)C)cc3)ccc(C)c21)[SiH](C)C. The van der Waals surface area contributed by atoms with Gasteiger partial charge in [-0.05, 0) is 0 Å². The zero-order valence-electron chi connectivity index (χ0n) is 33.1. The van der Waals surface area contributed by atoms with Gasteiger partial charge in [0.25, 0.3) is 0 Å². The third kappa shape index (κ3) is 6.62. The first kappa shape index (κ1) is 38.8. The minimum atomic E-state index is -4.91. The van der Waals surface area contributed by atoms with Crippen LogP contribution in [0.15, 0.2) is 90.0 Å². The molecule has 0 N–H and O–H groups in total. The third-order valence-electron chi connectivity index (χ3n) is 12.3. The number of benzene rings is 4. The zero-order chi connectivity index (χ0) is 37.3. The van der Waals surface area contributed by atoms with E-state index in [1.165, 1.54) is 72.3 Å². The van der Waals surface area contributed by atoms with Crippen LogP contribution >= 0.6 is 17.0 Å². The molecule has 51 heavy (non-hydrogen) atoms. The predicted octanol–water partition coefficient (Wildman–Crippen LogP) is 14.9. The van der Waals surface area contributed by atoms with Crippen molar-refractivity contribution in [3.63, 3.8) is 0 Å². The second kappa shape index (κ2) is 13.7. The molecule has 0 saturated heterocycles. The number of allylic oxidation sites excluding steroid dienone is 2. The van der Waals surface area contributed by atoms with Crippen LogP contribution in [0.5, 0.6) is 0 Å². The van der Waals surface area contributed by atoms with Crippen molar-refractivity contribution in [3.8, 4) is 22.3 Å². The summed E-state index contributed by atoms with van der Waals surface area (Å²) in [5.74, 6) is -1.27. The Bertz CT molecular complexity index is 2020. The van der Waals surface area contributed by atoms with Gasteiger partial charge >= 0.3 is 321 Å². The maximum atomic E-state index is 8.80. The van der Waals surface area contributed by atoms with Crippen LogP contribution < -0.4 is 0 Å². The van der Waals surface area contributed by atoms with E-state index in [-0.39, 0.29) is 18.1 Å². The van der Waals surface area contributed by atoms with Crippen molar-refractivity contribution in [1.29, 1.82) is 0 Å². The van der Waals surface area contributed by atoms with Gasteiger partial charge in [0.1, 0.15) is 0 Å². The van der Waals surface area contributed by atoms with Gasteiger partial charge in [0.15, 0.2) is 0 Å². The van der Waals surface area contributed by atoms with E-state index in [0.29, 0.717) is 5.92 Å². The first-order chi connectivity index (χ1) is 23.8. The van der Waals surface area contributed by atoms with Crippen LogP contribution in [0.4, 0.5) is 0 Å². The van der Waals surface area contributed by atoms with Gasteiger partial charge in [-0.3, -0.25) is 0 Å². The number of hydrogen-bond acceptors (Lipinski definition) is 0. The Hall–Kier alpha value is -1.96. The van der Waals surface area contributed by atoms with Crippen LogP contribution in [0.1, 0.15) is 121 Å². The van der Waals surface area contributed by atoms with Gasteiger partial charge in [-0.15, -0.1) is 0 Å². The maximum absolute atomic E-state index is 8.80. The Balaban J connectivity index is 1.56. The van der Waals surface area contributed by atoms with E-state index < -0.39 is 21.5 Å². The molecule has 0 saturated carbocycles. The topological polar surface area (TPSA) is 0 Å². The van der Waals surface area contributed by atoms with Gasteiger partial charge in [-0.2, -0.15) is 0 Å². The fraction of sp³-hybridized carbons (Fsp3) is 0.404. The summed E-state index contributed by atoms with van der Waals surface area (Å²) in [4.78, 5) is 0. The molecule has 4 heteroatoms. The van der Waals surface area contributed by atoms with E-state index in [4.69, 9.17) is 17.0 Å². The molecule has 0 spiro atoms. The molecule has 0 amide bonds. The summed E-state index contributed by atoms with van der Waals surface area (Å²) in [5.41, 5.74) is 17.6. The average molecular weight is 814 g/mol. The first-order valence-corrected chi connectivity index (χ1v) is 35.5. The molecule has 0 nitrogen and oxygen atoms in total. The molecule has 0 radical (unpaired) electrons. The summed E-state index contributed by atoms with van der Waals surface area (Å²) in [6, 6.07) is 30.1. The number of fused-ring (bicyclic) bond motifs is 2. The minimum absolute atomic E-state index is 0.0770. The Morgan fingerprint density at radius 2 is 1.22 bits per heavy atom. The number of halogens is 2. The molecular formula is C47H59Cl2SiZr. The van der Waals surface area contributed by atoms with E-state index in [1.807, 2.05) is 0 Å². The molecule has 0 aliphatic heterocycles. The number of hydrogen-bond donors (Lipinski definition) is 0. The van der Waals surface area contributed by atoms with Crippen molar-refractivity contribution >= 4 is 35.1 Å². The van der Waals surface area contributed by atoms with Crippen molar-refractivity contribution in [2.75, 3.05) is 0 Å². The van der Waals surface area contributed by atoms with E-state index >= 15 is 0 Å². The molecule has 0 aromatic heterocycles. The van der Waals surface area contributed by atoms with Crippen molar-refractivity contribution in [1.82, 2.24) is 0 Å². The number of aryl methyl sites for hydroxylation is 1. The second-order valence-corrected chi connectivity index (χ2v) is 60.7. The van der Waals surface area contributed by atoms with Crippen molar-refractivity contribution < 1.29 is 15.6 Å². The van der Waals surface area contributed by atoms with Gasteiger partial charge in [0.05, 0.1) is 0 Å². The van der Waals surface area contributed by atoms with Gasteiger partial charge < -0.3 is 0 Å². The van der Waals surface area contributed by atoms with Crippen molar-refractivity contribution in [2.45, 2.75) is 113 Å². The van der Waals surface area contributed by atoms with Crippen molar-refractivity contribution in [3.05, 3.63) is 129 Å². The summed E-state index contributed by atoms with van der Waals surface area (Å²) in [6.45, 7) is 28.0. The van der Waals surface area contributed by atoms with Crippen LogP contribution in [0.2, 0.25) is 13.1 Å². The van der Waals surface area contributed by atoms with Gasteiger partial charge in [0, 0.05) is 0 Å². The normalized spacial score (nSPS) is 18.9. The quantitative estimate of drug-likeness (QED) is 0.156. The van der Waals surface area contributed by atoms with Crippen LogP contribution in [-0.2, 0) is 26.4 Å². The second-order valence-electron chi connectivity index (χ2n) is 18.2. The zero-order valence-corrected chi connectivity index (χ0v) is 38.3. The Labute approximate surface area is 318 Å². The third-order valence-corrected chi connectivity index (χ3v) is 64.2. The van der Waals surface area contributed by atoms with Gasteiger partial charge in [0.2, 0.25) is 0 Å². The molecule has 4 aromatic rings. The number of rotatable bonds is 8. The molecule has 4 aromatic carbocycles. The van der Waals surface area contributed by atoms with E-state index in [1.54, 1.807) is 0 Å². The molecule has 2 aliphatic carbocycles. The standard InChI is InChI=1S/C24H29.C21H23.C2H7Si.2ClH.Zr/c1-6-8-17(2)20-15-19-9-7-10-22(23(19)16-20)18-11-13-21(14-12-18)24(3,4)5;1-14-12-19-15(2)6-11-18(20(19)13-14)16-7-9-17(10-8-16)21(3,4)5;1-3-2;;;/h7,9-17H,6,8H2,1-5H3;6-13H,1-5H3;3H,1-2H3;2*1H;/q;;;;;+2/p-2. The summed E-state index contributed by atoms with van der Waals surface area (Å²) < 4.78 is 0.161. The fourth-order valence-corrected chi connectivity index (χ4v) is 41.4. The average Bonchev–Trinajstić information content (AvgIpc) is 3.64. The fourth-order valence-electron chi connectivity index (χ4n) is 9.24. The molecule has 3 atom stereocenters. The van der Waals surface area contributed by atoms with Crippen LogP contribution in [-0.4, -0.2) is 5.92 Å².